The number of aliphatic hydroxyl groups is 1. The van der Waals surface area contributed by atoms with Crippen LogP contribution >= 0.6 is 0 Å². The van der Waals surface area contributed by atoms with Crippen LogP contribution < -0.4 is 4.72 Å². The Balaban J connectivity index is 1.64. The van der Waals surface area contributed by atoms with Crippen LogP contribution in [0.3, 0.4) is 0 Å². The highest BCUT2D eigenvalue weighted by atomic mass is 32.2. The van der Waals surface area contributed by atoms with Crippen LogP contribution in [0.4, 0.5) is 8.78 Å². The smallest absolute Gasteiger partial charge is 0.299 e. The Labute approximate surface area is 203 Å². The standard InChI is InChI=1S/C26H26F2N2O4S/c1-26(2)24(19-10-8-18(9-11-19)17-6-4-3-5-7-17)35(32,33)30-25(34-26)29-23(14-15-31)21-13-12-20(27)16-22(21)28/h3-13,16,23-24,31H,14-15H2,1-2H3,(H,29,30). The molecule has 2 atom stereocenters. The Bertz CT molecular complexity index is 1330. The van der Waals surface area contributed by atoms with Gasteiger partial charge in [0.05, 0.1) is 6.04 Å². The van der Waals surface area contributed by atoms with Gasteiger partial charge in [0.25, 0.3) is 6.02 Å². The lowest BCUT2D eigenvalue weighted by atomic mass is 9.95. The lowest BCUT2D eigenvalue weighted by Crippen LogP contribution is -2.53. The highest BCUT2D eigenvalue weighted by molar-refractivity contribution is 7.90. The average molecular weight is 501 g/mol. The van der Waals surface area contributed by atoms with Gasteiger partial charge < -0.3 is 9.84 Å². The molecule has 35 heavy (non-hydrogen) atoms. The Morgan fingerprint density at radius 2 is 1.69 bits per heavy atom. The average Bonchev–Trinajstić information content (AvgIpc) is 2.78. The summed E-state index contributed by atoms with van der Waals surface area (Å²) < 4.78 is 62.6. The van der Waals surface area contributed by atoms with E-state index in [1.807, 2.05) is 42.5 Å². The van der Waals surface area contributed by atoms with Crippen molar-refractivity contribution in [3.05, 3.63) is 95.6 Å². The molecule has 0 spiro atoms. The van der Waals surface area contributed by atoms with Crippen LogP contribution in [-0.4, -0.2) is 31.8 Å². The van der Waals surface area contributed by atoms with E-state index in [1.54, 1.807) is 26.0 Å². The van der Waals surface area contributed by atoms with Crippen LogP contribution in [0.5, 0.6) is 0 Å². The SMILES string of the molecule is CC1(C)OC(=NC(CCO)c2ccc(F)cc2F)NS(=O)(=O)C1c1ccc(-c2ccccc2)cc1. The quantitative estimate of drug-likeness (QED) is 0.505. The third-order valence-electron chi connectivity index (χ3n) is 5.85. The Kier molecular flexibility index (Phi) is 6.91. The Morgan fingerprint density at radius 1 is 1.03 bits per heavy atom. The summed E-state index contributed by atoms with van der Waals surface area (Å²) in [7, 11) is -3.99. The third kappa shape index (κ3) is 5.36. The number of halogens is 2. The van der Waals surface area contributed by atoms with Gasteiger partial charge in [0, 0.05) is 18.2 Å². The molecule has 3 aromatic rings. The van der Waals surface area contributed by atoms with E-state index >= 15 is 0 Å². The summed E-state index contributed by atoms with van der Waals surface area (Å²) in [5.74, 6) is -1.60. The summed E-state index contributed by atoms with van der Waals surface area (Å²) in [6.45, 7) is 2.93. The first-order valence-electron chi connectivity index (χ1n) is 11.1. The van der Waals surface area contributed by atoms with Gasteiger partial charge in [0.1, 0.15) is 22.5 Å². The van der Waals surface area contributed by atoms with Gasteiger partial charge in [-0.15, -0.1) is 0 Å². The molecule has 3 aromatic carbocycles. The maximum atomic E-state index is 14.4. The van der Waals surface area contributed by atoms with E-state index in [-0.39, 0.29) is 24.6 Å². The zero-order valence-corrected chi connectivity index (χ0v) is 20.1. The number of ether oxygens (including phenoxy) is 1. The molecule has 0 amide bonds. The summed E-state index contributed by atoms with van der Waals surface area (Å²) >= 11 is 0. The monoisotopic (exact) mass is 500 g/mol. The number of aliphatic hydroxyl groups excluding tert-OH is 1. The number of hydrogen-bond acceptors (Lipinski definition) is 5. The first-order chi connectivity index (χ1) is 16.6. The number of sulfonamides is 1. The Morgan fingerprint density at radius 3 is 2.29 bits per heavy atom. The molecule has 2 N–H and O–H groups in total. The fraction of sp³-hybridized carbons (Fsp3) is 0.269. The van der Waals surface area contributed by atoms with Gasteiger partial charge in [-0.2, -0.15) is 0 Å². The van der Waals surface area contributed by atoms with Crippen molar-refractivity contribution in [1.29, 1.82) is 0 Å². The predicted octanol–water partition coefficient (Wildman–Crippen LogP) is 4.88. The molecule has 2 unspecified atom stereocenters. The van der Waals surface area contributed by atoms with Crippen LogP contribution in [0.25, 0.3) is 11.1 Å². The van der Waals surface area contributed by atoms with Crippen LogP contribution in [0.15, 0.2) is 77.8 Å². The summed E-state index contributed by atoms with van der Waals surface area (Å²) in [5, 5.41) is 8.38. The molecule has 1 aliphatic heterocycles. The third-order valence-corrected chi connectivity index (χ3v) is 7.77. The van der Waals surface area contributed by atoms with Crippen LogP contribution in [0, 0.1) is 11.6 Å². The summed E-state index contributed by atoms with van der Waals surface area (Å²) in [4.78, 5) is 4.24. The molecular formula is C26H26F2N2O4S. The van der Waals surface area contributed by atoms with E-state index < -0.39 is 38.6 Å². The largest absolute Gasteiger partial charge is 0.457 e. The van der Waals surface area contributed by atoms with Crippen LogP contribution in [0.2, 0.25) is 0 Å². The van der Waals surface area contributed by atoms with Crippen molar-refractivity contribution < 1.29 is 27.0 Å². The molecule has 1 aliphatic rings. The van der Waals surface area contributed by atoms with Gasteiger partial charge in [-0.05, 0) is 43.0 Å². The number of rotatable bonds is 6. The van der Waals surface area contributed by atoms with Gasteiger partial charge in [0.15, 0.2) is 0 Å². The van der Waals surface area contributed by atoms with Gasteiger partial charge >= 0.3 is 0 Å². The molecule has 1 heterocycles. The minimum absolute atomic E-state index is 0.0120. The topological polar surface area (TPSA) is 88.0 Å². The lowest BCUT2D eigenvalue weighted by molar-refractivity contribution is 0.0758. The van der Waals surface area contributed by atoms with Crippen molar-refractivity contribution in [2.45, 2.75) is 37.2 Å². The number of hydrogen-bond donors (Lipinski definition) is 2. The molecule has 184 valence electrons. The number of benzene rings is 3. The maximum Gasteiger partial charge on any atom is 0.299 e. The molecule has 0 aromatic heterocycles. The molecule has 1 saturated heterocycles. The first kappa shape index (κ1) is 24.8. The van der Waals surface area contributed by atoms with E-state index in [0.29, 0.717) is 11.6 Å². The normalized spacial score (nSPS) is 20.6. The second-order valence-corrected chi connectivity index (χ2v) is 10.6. The molecule has 0 aliphatic carbocycles. The number of nitrogens with one attached hydrogen (secondary N) is 1. The van der Waals surface area contributed by atoms with E-state index in [1.165, 1.54) is 6.07 Å². The number of nitrogens with zero attached hydrogens (tertiary/aromatic N) is 1. The van der Waals surface area contributed by atoms with E-state index in [9.17, 15) is 22.3 Å². The van der Waals surface area contributed by atoms with Gasteiger partial charge in [-0.3, -0.25) is 0 Å². The van der Waals surface area contributed by atoms with Crippen LogP contribution in [-0.2, 0) is 14.8 Å². The predicted molar refractivity (Wildman–Crippen MR) is 130 cm³/mol. The fourth-order valence-corrected chi connectivity index (χ4v) is 6.08. The zero-order valence-electron chi connectivity index (χ0n) is 19.3. The zero-order chi connectivity index (χ0) is 25.2. The maximum absolute atomic E-state index is 14.4. The van der Waals surface area contributed by atoms with Crippen molar-refractivity contribution in [2.24, 2.45) is 4.99 Å². The first-order valence-corrected chi connectivity index (χ1v) is 12.6. The van der Waals surface area contributed by atoms with E-state index in [0.717, 1.165) is 17.2 Å². The Hall–Kier alpha value is -3.30. The second kappa shape index (κ2) is 9.75. The van der Waals surface area contributed by atoms with Crippen molar-refractivity contribution in [3.63, 3.8) is 0 Å². The molecule has 9 heteroatoms. The van der Waals surface area contributed by atoms with Crippen LogP contribution in [0.1, 0.15) is 42.7 Å². The molecule has 1 fully saturated rings. The van der Waals surface area contributed by atoms with E-state index in [2.05, 4.69) is 9.71 Å². The molecule has 6 nitrogen and oxygen atoms in total. The minimum Gasteiger partial charge on any atom is -0.457 e. The van der Waals surface area contributed by atoms with Crippen molar-refractivity contribution in [2.75, 3.05) is 6.61 Å². The lowest BCUT2D eigenvalue weighted by Gasteiger charge is -2.39. The minimum atomic E-state index is -3.99. The summed E-state index contributed by atoms with van der Waals surface area (Å²) in [6.07, 6.45) is -0.0120. The number of aliphatic imine (C=N–C) groups is 1. The van der Waals surface area contributed by atoms with E-state index in [4.69, 9.17) is 4.74 Å². The summed E-state index contributed by atoms with van der Waals surface area (Å²) in [5.41, 5.74) is 1.30. The van der Waals surface area contributed by atoms with Crippen molar-refractivity contribution >= 4 is 16.0 Å². The number of amidine groups is 1. The highest BCUT2D eigenvalue weighted by Crippen LogP contribution is 2.39. The second-order valence-electron chi connectivity index (χ2n) is 8.85. The van der Waals surface area contributed by atoms with Gasteiger partial charge in [0.2, 0.25) is 10.0 Å². The van der Waals surface area contributed by atoms with Gasteiger partial charge in [-0.25, -0.2) is 26.9 Å². The van der Waals surface area contributed by atoms with Gasteiger partial charge in [-0.1, -0.05) is 60.7 Å². The molecular weight excluding hydrogens is 474 g/mol. The molecule has 4 rings (SSSR count). The van der Waals surface area contributed by atoms with Crippen molar-refractivity contribution in [1.82, 2.24) is 4.72 Å². The highest BCUT2D eigenvalue weighted by Gasteiger charge is 2.48. The fourth-order valence-electron chi connectivity index (χ4n) is 4.32. The molecule has 0 radical (unpaired) electrons. The summed E-state index contributed by atoms with van der Waals surface area (Å²) in [6, 6.07) is 18.7. The van der Waals surface area contributed by atoms with Crippen molar-refractivity contribution in [3.8, 4) is 11.1 Å². The molecule has 0 bridgehead atoms. The molecule has 0 saturated carbocycles.